The standard InChI is InChI=1S/C23H19N5O2S2/c1-16(29)28-22(19-13-8-14-31-19)30-20(26-28)15-32-23-25-24-21(17-9-4-2-5-10-17)27(23)18-11-6-3-7-12-18/h2-14,22H,15H2,1H3/t22-/m1/s1. The Balaban J connectivity index is 1.42. The molecule has 2 aromatic heterocycles. The Kier molecular flexibility index (Phi) is 5.74. The zero-order valence-corrected chi connectivity index (χ0v) is 18.8. The fourth-order valence-electron chi connectivity index (χ4n) is 3.36. The molecule has 9 heteroatoms. The monoisotopic (exact) mass is 461 g/mol. The van der Waals surface area contributed by atoms with Crippen LogP contribution in [-0.2, 0) is 9.53 Å². The molecule has 1 aliphatic heterocycles. The van der Waals surface area contributed by atoms with Gasteiger partial charge in [-0.05, 0) is 23.6 Å². The number of para-hydroxylation sites is 1. The van der Waals surface area contributed by atoms with Crippen molar-refractivity contribution in [1.29, 1.82) is 0 Å². The number of hydrogen-bond acceptors (Lipinski definition) is 7. The van der Waals surface area contributed by atoms with Crippen molar-refractivity contribution in [1.82, 2.24) is 19.8 Å². The highest BCUT2D eigenvalue weighted by molar-refractivity contribution is 7.99. The molecule has 0 saturated heterocycles. The lowest BCUT2D eigenvalue weighted by Crippen LogP contribution is -2.24. The summed E-state index contributed by atoms with van der Waals surface area (Å²) in [5.41, 5.74) is 1.95. The molecule has 1 amide bonds. The van der Waals surface area contributed by atoms with Gasteiger partial charge < -0.3 is 4.74 Å². The van der Waals surface area contributed by atoms with Crippen LogP contribution in [0.2, 0.25) is 0 Å². The minimum Gasteiger partial charge on any atom is -0.448 e. The summed E-state index contributed by atoms with van der Waals surface area (Å²) in [6, 6.07) is 23.8. The molecule has 32 heavy (non-hydrogen) atoms. The Hall–Kier alpha value is -3.43. The number of ether oxygens (including phenoxy) is 1. The number of hydrazone groups is 1. The van der Waals surface area contributed by atoms with Gasteiger partial charge in [0.25, 0.3) is 0 Å². The predicted octanol–water partition coefficient (Wildman–Crippen LogP) is 4.98. The van der Waals surface area contributed by atoms with Gasteiger partial charge in [-0.2, -0.15) is 5.01 Å². The fourth-order valence-corrected chi connectivity index (χ4v) is 4.89. The summed E-state index contributed by atoms with van der Waals surface area (Å²) >= 11 is 3.00. The molecule has 2 aromatic carbocycles. The molecule has 0 saturated carbocycles. The van der Waals surface area contributed by atoms with E-state index in [0.717, 1.165) is 27.1 Å². The van der Waals surface area contributed by atoms with E-state index in [1.165, 1.54) is 35.0 Å². The van der Waals surface area contributed by atoms with Gasteiger partial charge in [0.2, 0.25) is 18.0 Å². The molecule has 1 atom stereocenters. The SMILES string of the molecule is CC(=O)N1N=C(CSc2nnc(-c3ccccc3)n2-c2ccccc2)O[C@@H]1c1cccs1. The highest BCUT2D eigenvalue weighted by Crippen LogP contribution is 2.33. The van der Waals surface area contributed by atoms with Crippen LogP contribution in [0.5, 0.6) is 0 Å². The van der Waals surface area contributed by atoms with Crippen LogP contribution < -0.4 is 0 Å². The summed E-state index contributed by atoms with van der Waals surface area (Å²) < 4.78 is 8.05. The zero-order valence-electron chi connectivity index (χ0n) is 17.2. The molecule has 0 unspecified atom stereocenters. The van der Waals surface area contributed by atoms with Crippen molar-refractivity contribution < 1.29 is 9.53 Å². The molecule has 0 aliphatic carbocycles. The molecule has 4 aromatic rings. The number of thiophene rings is 1. The number of carbonyl (C=O) groups is 1. The Labute approximate surface area is 193 Å². The lowest BCUT2D eigenvalue weighted by molar-refractivity contribution is -0.135. The molecule has 5 rings (SSSR count). The van der Waals surface area contributed by atoms with Gasteiger partial charge in [0.1, 0.15) is 0 Å². The predicted molar refractivity (Wildman–Crippen MR) is 126 cm³/mol. The molecule has 0 spiro atoms. The number of amides is 1. The Morgan fingerprint density at radius 1 is 1.03 bits per heavy atom. The van der Waals surface area contributed by atoms with Crippen molar-refractivity contribution in [3.8, 4) is 17.1 Å². The summed E-state index contributed by atoms with van der Waals surface area (Å²) in [5.74, 6) is 1.50. The Morgan fingerprint density at radius 3 is 2.47 bits per heavy atom. The summed E-state index contributed by atoms with van der Waals surface area (Å²) in [6.07, 6.45) is -0.519. The van der Waals surface area contributed by atoms with Crippen LogP contribution in [0.3, 0.4) is 0 Å². The topological polar surface area (TPSA) is 72.6 Å². The summed E-state index contributed by atoms with van der Waals surface area (Å²) in [5, 5.41) is 17.4. The number of hydrogen-bond donors (Lipinski definition) is 0. The van der Waals surface area contributed by atoms with Crippen LogP contribution in [0.25, 0.3) is 17.1 Å². The maximum atomic E-state index is 12.1. The molecule has 7 nitrogen and oxygen atoms in total. The number of thioether (sulfide) groups is 1. The highest BCUT2D eigenvalue weighted by Gasteiger charge is 2.33. The van der Waals surface area contributed by atoms with E-state index < -0.39 is 6.23 Å². The number of aromatic nitrogens is 3. The second-order valence-electron chi connectivity index (χ2n) is 6.97. The largest absolute Gasteiger partial charge is 0.448 e. The number of benzene rings is 2. The Morgan fingerprint density at radius 2 is 1.78 bits per heavy atom. The first kappa shape index (κ1) is 20.5. The zero-order chi connectivity index (χ0) is 21.9. The van der Waals surface area contributed by atoms with E-state index in [1.54, 1.807) is 0 Å². The molecular weight excluding hydrogens is 442 g/mol. The van der Waals surface area contributed by atoms with Crippen molar-refractivity contribution in [2.45, 2.75) is 18.3 Å². The third-order valence-corrected chi connectivity index (χ3v) is 6.62. The lowest BCUT2D eigenvalue weighted by atomic mass is 10.2. The van der Waals surface area contributed by atoms with E-state index in [0.29, 0.717) is 11.7 Å². The second kappa shape index (κ2) is 8.97. The van der Waals surface area contributed by atoms with Gasteiger partial charge in [0, 0.05) is 18.2 Å². The normalized spacial score (nSPS) is 15.5. The minimum atomic E-state index is -0.519. The first-order chi connectivity index (χ1) is 15.7. The summed E-state index contributed by atoms with van der Waals surface area (Å²) in [4.78, 5) is 13.0. The van der Waals surface area contributed by atoms with Crippen LogP contribution in [0, 0.1) is 0 Å². The average molecular weight is 462 g/mol. The lowest BCUT2D eigenvalue weighted by Gasteiger charge is -2.17. The first-order valence-electron chi connectivity index (χ1n) is 9.97. The van der Waals surface area contributed by atoms with Gasteiger partial charge in [-0.25, -0.2) is 0 Å². The van der Waals surface area contributed by atoms with Gasteiger partial charge in [-0.1, -0.05) is 66.4 Å². The maximum Gasteiger partial charge on any atom is 0.243 e. The van der Waals surface area contributed by atoms with Crippen molar-refractivity contribution in [2.75, 3.05) is 5.75 Å². The quantitative estimate of drug-likeness (QED) is 0.379. The van der Waals surface area contributed by atoms with Crippen LogP contribution in [0.15, 0.2) is 88.4 Å². The Bertz CT molecular complexity index is 1240. The van der Waals surface area contributed by atoms with Crippen LogP contribution in [0.4, 0.5) is 0 Å². The number of nitrogens with zero attached hydrogens (tertiary/aromatic N) is 5. The van der Waals surface area contributed by atoms with Crippen LogP contribution in [0.1, 0.15) is 18.0 Å². The highest BCUT2D eigenvalue weighted by atomic mass is 32.2. The molecule has 3 heterocycles. The maximum absolute atomic E-state index is 12.1. The molecular formula is C23H19N5O2S2. The molecule has 0 N–H and O–H groups in total. The van der Waals surface area contributed by atoms with E-state index in [9.17, 15) is 4.79 Å². The number of rotatable bonds is 6. The van der Waals surface area contributed by atoms with Gasteiger partial charge in [0.05, 0.1) is 10.6 Å². The van der Waals surface area contributed by atoms with Gasteiger partial charge in [-0.3, -0.25) is 9.36 Å². The third-order valence-electron chi connectivity index (χ3n) is 4.80. The van der Waals surface area contributed by atoms with Gasteiger partial charge in [-0.15, -0.1) is 26.6 Å². The van der Waals surface area contributed by atoms with E-state index >= 15 is 0 Å². The van der Waals surface area contributed by atoms with Crippen LogP contribution >= 0.6 is 23.1 Å². The molecule has 0 radical (unpaired) electrons. The third kappa shape index (κ3) is 4.04. The molecule has 160 valence electrons. The molecule has 1 aliphatic rings. The molecule has 0 fully saturated rings. The van der Waals surface area contributed by atoms with Crippen LogP contribution in [-0.4, -0.2) is 37.3 Å². The summed E-state index contributed by atoms with van der Waals surface area (Å²) in [6.45, 7) is 1.49. The van der Waals surface area contributed by atoms with E-state index in [1.807, 2.05) is 82.7 Å². The van der Waals surface area contributed by atoms with Crippen molar-refractivity contribution in [3.05, 3.63) is 83.1 Å². The van der Waals surface area contributed by atoms with E-state index in [-0.39, 0.29) is 5.91 Å². The fraction of sp³-hybridized carbons (Fsp3) is 0.130. The van der Waals surface area contributed by atoms with Crippen molar-refractivity contribution >= 4 is 34.9 Å². The van der Waals surface area contributed by atoms with E-state index in [4.69, 9.17) is 4.74 Å². The summed E-state index contributed by atoms with van der Waals surface area (Å²) in [7, 11) is 0. The van der Waals surface area contributed by atoms with Gasteiger partial charge >= 0.3 is 0 Å². The first-order valence-corrected chi connectivity index (χ1v) is 11.8. The average Bonchev–Trinajstić information content (AvgIpc) is 3.58. The van der Waals surface area contributed by atoms with Crippen molar-refractivity contribution in [3.63, 3.8) is 0 Å². The second-order valence-corrected chi connectivity index (χ2v) is 8.90. The van der Waals surface area contributed by atoms with E-state index in [2.05, 4.69) is 15.3 Å². The van der Waals surface area contributed by atoms with Crippen molar-refractivity contribution in [2.24, 2.45) is 5.10 Å². The smallest absolute Gasteiger partial charge is 0.243 e. The molecule has 0 bridgehead atoms. The van der Waals surface area contributed by atoms with Gasteiger partial charge in [0.15, 0.2) is 11.0 Å². The minimum absolute atomic E-state index is 0.165. The number of carbonyl (C=O) groups excluding carboxylic acids is 1.